The van der Waals surface area contributed by atoms with Crippen LogP contribution in [0.4, 0.5) is 5.00 Å². The van der Waals surface area contributed by atoms with Gasteiger partial charge in [-0.2, -0.15) is 0 Å². The number of thioether (sulfide) groups is 1. The van der Waals surface area contributed by atoms with Crippen LogP contribution in [-0.4, -0.2) is 26.8 Å². The molecule has 1 aliphatic carbocycles. The van der Waals surface area contributed by atoms with Crippen molar-refractivity contribution in [1.29, 1.82) is 0 Å². The van der Waals surface area contributed by atoms with E-state index >= 15 is 0 Å². The zero-order chi connectivity index (χ0) is 26.5. The highest BCUT2D eigenvalue weighted by Crippen LogP contribution is 2.38. The fraction of sp³-hybridized carbons (Fsp3) is 0.250. The minimum absolute atomic E-state index is 0.0852. The summed E-state index contributed by atoms with van der Waals surface area (Å²) in [6, 6.07) is 11.9. The summed E-state index contributed by atoms with van der Waals surface area (Å²) < 4.78 is 0. The molecule has 1 aromatic carbocycles. The summed E-state index contributed by atoms with van der Waals surface area (Å²) in [5.41, 5.74) is 4.89. The number of carbonyl (C=O) groups is 2. The lowest BCUT2D eigenvalue weighted by Crippen LogP contribution is -2.25. The summed E-state index contributed by atoms with van der Waals surface area (Å²) in [7, 11) is 0. The fourth-order valence-electron chi connectivity index (χ4n) is 4.32. The molecule has 10 heteroatoms. The predicted octanol–water partition coefficient (Wildman–Crippen LogP) is 6.25. The van der Waals surface area contributed by atoms with Crippen molar-refractivity contribution < 1.29 is 9.59 Å². The molecule has 0 saturated carbocycles. The van der Waals surface area contributed by atoms with Crippen LogP contribution in [0.3, 0.4) is 0 Å². The minimum Gasteiger partial charge on any atom is -0.348 e. The van der Waals surface area contributed by atoms with Crippen LogP contribution in [0.5, 0.6) is 0 Å². The zero-order valence-corrected chi connectivity index (χ0v) is 23.2. The summed E-state index contributed by atoms with van der Waals surface area (Å²) in [5.74, 6) is -0.00397. The van der Waals surface area contributed by atoms with Crippen molar-refractivity contribution >= 4 is 51.5 Å². The molecular weight excluding hydrogens is 538 g/mol. The SMILES string of the molecule is Cc1ccccc1CSc1ncc(Cl)c(C(=O)Nc2sc3c(c2C(=O)NCc2cccnc2)CCCC3)n1. The number of fused-ring (bicyclic) bond motifs is 1. The first-order chi connectivity index (χ1) is 18.5. The van der Waals surface area contributed by atoms with Crippen LogP contribution < -0.4 is 10.6 Å². The maximum atomic E-state index is 13.4. The number of hydrogen-bond donors (Lipinski definition) is 2. The number of anilines is 1. The van der Waals surface area contributed by atoms with E-state index < -0.39 is 5.91 Å². The lowest BCUT2D eigenvalue weighted by atomic mass is 9.95. The number of pyridine rings is 1. The fourth-order valence-corrected chi connectivity index (χ4v) is 6.67. The molecule has 0 radical (unpaired) electrons. The molecule has 0 aliphatic heterocycles. The third kappa shape index (κ3) is 6.06. The second-order valence-electron chi connectivity index (χ2n) is 8.98. The van der Waals surface area contributed by atoms with Crippen LogP contribution in [0, 0.1) is 6.92 Å². The van der Waals surface area contributed by atoms with Crippen LogP contribution in [0.2, 0.25) is 5.02 Å². The normalized spacial score (nSPS) is 12.6. The number of aryl methyl sites for hydroxylation is 2. The molecule has 5 rings (SSSR count). The molecule has 0 fully saturated rings. The van der Waals surface area contributed by atoms with Crippen molar-refractivity contribution in [3.63, 3.8) is 0 Å². The summed E-state index contributed by atoms with van der Waals surface area (Å²) in [6.45, 7) is 2.41. The number of amides is 2. The third-order valence-electron chi connectivity index (χ3n) is 6.36. The lowest BCUT2D eigenvalue weighted by molar-refractivity contribution is 0.0951. The lowest BCUT2D eigenvalue weighted by Gasteiger charge is -2.13. The molecule has 0 unspecified atom stereocenters. The van der Waals surface area contributed by atoms with Gasteiger partial charge in [-0.15, -0.1) is 11.3 Å². The Morgan fingerprint density at radius 3 is 2.74 bits per heavy atom. The monoisotopic (exact) mass is 563 g/mol. The maximum Gasteiger partial charge on any atom is 0.276 e. The van der Waals surface area contributed by atoms with E-state index in [0.29, 0.717) is 28.0 Å². The molecule has 0 atom stereocenters. The molecule has 0 saturated heterocycles. The second-order valence-corrected chi connectivity index (χ2v) is 11.4. The topological polar surface area (TPSA) is 96.9 Å². The average Bonchev–Trinajstić information content (AvgIpc) is 3.30. The van der Waals surface area contributed by atoms with Gasteiger partial charge in [0.2, 0.25) is 0 Å². The highest BCUT2D eigenvalue weighted by atomic mass is 35.5. The Morgan fingerprint density at radius 2 is 1.92 bits per heavy atom. The van der Waals surface area contributed by atoms with Crippen molar-refractivity contribution in [3.05, 3.63) is 98.4 Å². The van der Waals surface area contributed by atoms with E-state index in [1.54, 1.807) is 12.4 Å². The summed E-state index contributed by atoms with van der Waals surface area (Å²) >= 11 is 9.24. The molecule has 7 nitrogen and oxygen atoms in total. The molecular formula is C28H26ClN5O2S2. The number of aromatic nitrogens is 3. The number of carbonyl (C=O) groups excluding carboxylic acids is 2. The quantitative estimate of drug-likeness (QED) is 0.194. The standard InChI is InChI=1S/C28H26ClN5O2S2/c1-17-7-2-3-9-19(17)16-37-28-32-15-21(29)24(33-28)26(36)34-27-23(20-10-4-5-11-22(20)38-27)25(35)31-14-18-8-6-12-30-13-18/h2-3,6-9,12-13,15H,4-5,10-11,14,16H2,1H3,(H,31,35)(H,34,36). The van der Waals surface area contributed by atoms with Gasteiger partial charge < -0.3 is 10.6 Å². The van der Waals surface area contributed by atoms with Crippen LogP contribution in [0.25, 0.3) is 0 Å². The van der Waals surface area contributed by atoms with Crippen molar-refractivity contribution in [2.45, 2.75) is 50.1 Å². The molecule has 194 valence electrons. The van der Waals surface area contributed by atoms with Crippen LogP contribution in [0.1, 0.15) is 60.8 Å². The Labute approximate surface area is 234 Å². The summed E-state index contributed by atoms with van der Waals surface area (Å²) in [6.07, 6.45) is 8.65. The molecule has 2 amide bonds. The molecule has 0 spiro atoms. The van der Waals surface area contributed by atoms with Gasteiger partial charge in [-0.3, -0.25) is 14.6 Å². The van der Waals surface area contributed by atoms with E-state index in [2.05, 4.69) is 44.6 Å². The van der Waals surface area contributed by atoms with Gasteiger partial charge in [0.1, 0.15) is 5.00 Å². The number of thiophene rings is 1. The van der Waals surface area contributed by atoms with Gasteiger partial charge >= 0.3 is 0 Å². The first kappa shape index (κ1) is 26.3. The number of halogens is 1. The third-order valence-corrected chi connectivity index (χ3v) is 8.75. The number of benzene rings is 1. The van der Waals surface area contributed by atoms with Gasteiger partial charge in [0.25, 0.3) is 11.8 Å². The van der Waals surface area contributed by atoms with E-state index in [1.165, 1.54) is 40.4 Å². The van der Waals surface area contributed by atoms with Crippen LogP contribution in [0.15, 0.2) is 60.1 Å². The number of nitrogens with one attached hydrogen (secondary N) is 2. The molecule has 4 aromatic rings. The van der Waals surface area contributed by atoms with E-state index in [4.69, 9.17) is 11.6 Å². The molecule has 3 aromatic heterocycles. The second kappa shape index (κ2) is 12.1. The molecule has 0 bridgehead atoms. The Kier molecular flexibility index (Phi) is 8.36. The highest BCUT2D eigenvalue weighted by molar-refractivity contribution is 7.98. The zero-order valence-electron chi connectivity index (χ0n) is 20.8. The van der Waals surface area contributed by atoms with Crippen molar-refractivity contribution in [2.75, 3.05) is 5.32 Å². The highest BCUT2D eigenvalue weighted by Gasteiger charge is 2.27. The van der Waals surface area contributed by atoms with Gasteiger partial charge in [-0.25, -0.2) is 9.97 Å². The Morgan fingerprint density at radius 1 is 1.08 bits per heavy atom. The van der Waals surface area contributed by atoms with E-state index in [-0.39, 0.29) is 16.6 Å². The van der Waals surface area contributed by atoms with E-state index in [9.17, 15) is 9.59 Å². The first-order valence-electron chi connectivity index (χ1n) is 12.3. The Balaban J connectivity index is 1.35. The summed E-state index contributed by atoms with van der Waals surface area (Å²) in [4.78, 5) is 40.7. The maximum absolute atomic E-state index is 13.4. The van der Waals surface area contributed by atoms with Gasteiger partial charge in [0.15, 0.2) is 10.9 Å². The van der Waals surface area contributed by atoms with Crippen molar-refractivity contribution in [1.82, 2.24) is 20.3 Å². The summed E-state index contributed by atoms with van der Waals surface area (Å²) in [5, 5.41) is 7.06. The Hall–Kier alpha value is -3.27. The van der Waals surface area contributed by atoms with E-state index in [1.807, 2.05) is 24.3 Å². The van der Waals surface area contributed by atoms with E-state index in [0.717, 1.165) is 41.7 Å². The molecule has 2 N–H and O–H groups in total. The molecule has 38 heavy (non-hydrogen) atoms. The van der Waals surface area contributed by atoms with Gasteiger partial charge in [0, 0.05) is 29.6 Å². The number of rotatable bonds is 8. The Bertz CT molecular complexity index is 1480. The van der Waals surface area contributed by atoms with Gasteiger partial charge in [-0.1, -0.05) is 53.7 Å². The van der Waals surface area contributed by atoms with Gasteiger partial charge in [0.05, 0.1) is 16.8 Å². The largest absolute Gasteiger partial charge is 0.348 e. The molecule has 1 aliphatic rings. The first-order valence-corrected chi connectivity index (χ1v) is 14.5. The van der Waals surface area contributed by atoms with Crippen molar-refractivity contribution in [2.24, 2.45) is 0 Å². The predicted molar refractivity (Wildman–Crippen MR) is 152 cm³/mol. The minimum atomic E-state index is -0.463. The number of nitrogens with zero attached hydrogens (tertiary/aromatic N) is 3. The van der Waals surface area contributed by atoms with Crippen molar-refractivity contribution in [3.8, 4) is 0 Å². The smallest absolute Gasteiger partial charge is 0.276 e. The molecule has 3 heterocycles. The van der Waals surface area contributed by atoms with Crippen LogP contribution in [-0.2, 0) is 25.1 Å². The van der Waals surface area contributed by atoms with Gasteiger partial charge in [-0.05, 0) is 60.9 Å². The number of hydrogen-bond acceptors (Lipinski definition) is 7. The van der Waals surface area contributed by atoms with Crippen LogP contribution >= 0.6 is 34.7 Å². The average molecular weight is 564 g/mol.